The van der Waals surface area contributed by atoms with Gasteiger partial charge in [0.25, 0.3) is 0 Å². The Morgan fingerprint density at radius 2 is 2.12 bits per heavy atom. The van der Waals surface area contributed by atoms with Crippen molar-refractivity contribution in [3.8, 4) is 0 Å². The molecule has 0 aromatic carbocycles. The summed E-state index contributed by atoms with van der Waals surface area (Å²) in [6.45, 7) is 4.50. The SMILES string of the molecule is CC1(C)CCC(Sc2nnnn2C2CC2)C1N. The van der Waals surface area contributed by atoms with Crippen molar-refractivity contribution in [2.75, 3.05) is 0 Å². The summed E-state index contributed by atoms with van der Waals surface area (Å²) in [5, 5.41) is 13.4. The molecule has 0 spiro atoms. The van der Waals surface area contributed by atoms with Crippen LogP contribution in [0.3, 0.4) is 0 Å². The molecule has 2 unspecified atom stereocenters. The summed E-state index contributed by atoms with van der Waals surface area (Å²) >= 11 is 1.77. The molecule has 2 fully saturated rings. The third-order valence-electron chi connectivity index (χ3n) is 3.99. The van der Waals surface area contributed by atoms with Gasteiger partial charge in [0.05, 0.1) is 6.04 Å². The van der Waals surface area contributed by atoms with Crippen LogP contribution in [0.15, 0.2) is 5.16 Å². The minimum absolute atomic E-state index is 0.233. The van der Waals surface area contributed by atoms with Gasteiger partial charge in [-0.1, -0.05) is 25.6 Å². The lowest BCUT2D eigenvalue weighted by Crippen LogP contribution is -2.38. The Morgan fingerprint density at radius 3 is 2.71 bits per heavy atom. The molecule has 2 saturated carbocycles. The first-order valence-electron chi connectivity index (χ1n) is 6.28. The molecular formula is C11H19N5S. The standard InChI is InChI=1S/C11H19N5S/c1-11(2)6-5-8(9(11)12)17-10-13-14-15-16(10)7-3-4-7/h7-9H,3-6,12H2,1-2H3. The second-order valence-electron chi connectivity index (χ2n) is 5.85. The van der Waals surface area contributed by atoms with Gasteiger partial charge in [0.2, 0.25) is 5.16 Å². The van der Waals surface area contributed by atoms with E-state index in [1.807, 2.05) is 4.68 Å². The first-order chi connectivity index (χ1) is 8.08. The van der Waals surface area contributed by atoms with Gasteiger partial charge in [0, 0.05) is 11.3 Å². The molecule has 1 aromatic heterocycles. The number of aromatic nitrogens is 4. The van der Waals surface area contributed by atoms with Gasteiger partial charge in [0.15, 0.2) is 0 Å². The molecule has 0 amide bonds. The van der Waals surface area contributed by atoms with Crippen molar-refractivity contribution in [3.05, 3.63) is 0 Å². The number of hydrogen-bond donors (Lipinski definition) is 1. The zero-order valence-corrected chi connectivity index (χ0v) is 11.2. The van der Waals surface area contributed by atoms with Crippen molar-refractivity contribution in [2.24, 2.45) is 11.1 Å². The molecule has 17 heavy (non-hydrogen) atoms. The van der Waals surface area contributed by atoms with Crippen LogP contribution in [0.4, 0.5) is 0 Å². The maximum Gasteiger partial charge on any atom is 0.209 e. The number of thioether (sulfide) groups is 1. The third kappa shape index (κ3) is 2.08. The lowest BCUT2D eigenvalue weighted by Gasteiger charge is -2.26. The van der Waals surface area contributed by atoms with Crippen molar-refractivity contribution in [3.63, 3.8) is 0 Å². The lowest BCUT2D eigenvalue weighted by atomic mass is 9.88. The number of nitrogens with two attached hydrogens (primary N) is 1. The number of rotatable bonds is 3. The van der Waals surface area contributed by atoms with Crippen molar-refractivity contribution in [1.29, 1.82) is 0 Å². The molecule has 94 valence electrons. The highest BCUT2D eigenvalue weighted by Gasteiger charge is 2.41. The van der Waals surface area contributed by atoms with Gasteiger partial charge < -0.3 is 5.73 Å². The molecule has 1 heterocycles. The minimum atomic E-state index is 0.233. The maximum absolute atomic E-state index is 6.32. The smallest absolute Gasteiger partial charge is 0.209 e. The number of hydrogen-bond acceptors (Lipinski definition) is 5. The highest BCUT2D eigenvalue weighted by Crippen LogP contribution is 2.44. The van der Waals surface area contributed by atoms with Gasteiger partial charge in [-0.15, -0.1) is 5.10 Å². The largest absolute Gasteiger partial charge is 0.326 e. The fourth-order valence-corrected chi connectivity index (χ4v) is 3.84. The fourth-order valence-electron chi connectivity index (χ4n) is 2.44. The Hall–Kier alpha value is -0.620. The van der Waals surface area contributed by atoms with Crippen molar-refractivity contribution < 1.29 is 0 Å². The monoisotopic (exact) mass is 253 g/mol. The van der Waals surface area contributed by atoms with E-state index in [9.17, 15) is 0 Å². The van der Waals surface area contributed by atoms with E-state index in [1.54, 1.807) is 11.8 Å². The van der Waals surface area contributed by atoms with Gasteiger partial charge >= 0.3 is 0 Å². The zero-order valence-electron chi connectivity index (χ0n) is 10.3. The minimum Gasteiger partial charge on any atom is -0.326 e. The van der Waals surface area contributed by atoms with Gasteiger partial charge in [-0.25, -0.2) is 4.68 Å². The Morgan fingerprint density at radius 1 is 1.35 bits per heavy atom. The van der Waals surface area contributed by atoms with E-state index < -0.39 is 0 Å². The van der Waals surface area contributed by atoms with E-state index in [4.69, 9.17) is 5.73 Å². The number of tetrazole rings is 1. The van der Waals surface area contributed by atoms with Crippen LogP contribution in [-0.2, 0) is 0 Å². The van der Waals surface area contributed by atoms with Crippen LogP contribution in [0.5, 0.6) is 0 Å². The molecule has 2 atom stereocenters. The zero-order chi connectivity index (χ0) is 12.0. The summed E-state index contributed by atoms with van der Waals surface area (Å²) in [4.78, 5) is 0. The van der Waals surface area contributed by atoms with Gasteiger partial charge in [-0.05, 0) is 41.5 Å². The lowest BCUT2D eigenvalue weighted by molar-refractivity contribution is 0.334. The van der Waals surface area contributed by atoms with Crippen LogP contribution >= 0.6 is 11.8 Å². The summed E-state index contributed by atoms with van der Waals surface area (Å²) in [6.07, 6.45) is 4.77. The highest BCUT2D eigenvalue weighted by atomic mass is 32.2. The summed E-state index contributed by atoms with van der Waals surface area (Å²) < 4.78 is 1.97. The highest BCUT2D eigenvalue weighted by molar-refractivity contribution is 7.99. The molecular weight excluding hydrogens is 234 g/mol. The maximum atomic E-state index is 6.32. The Balaban J connectivity index is 1.73. The van der Waals surface area contributed by atoms with E-state index in [0.717, 1.165) is 11.6 Å². The molecule has 2 N–H and O–H groups in total. The van der Waals surface area contributed by atoms with Crippen molar-refractivity contribution in [2.45, 2.75) is 62.0 Å². The van der Waals surface area contributed by atoms with Gasteiger partial charge in [-0.2, -0.15) is 0 Å². The molecule has 1 aromatic rings. The Kier molecular flexibility index (Phi) is 2.66. The van der Waals surface area contributed by atoms with Crippen LogP contribution in [-0.4, -0.2) is 31.5 Å². The number of nitrogens with zero attached hydrogens (tertiary/aromatic N) is 4. The predicted molar refractivity (Wildman–Crippen MR) is 66.7 cm³/mol. The molecule has 3 rings (SSSR count). The normalized spacial score (nSPS) is 31.9. The van der Waals surface area contributed by atoms with Crippen LogP contribution in [0, 0.1) is 5.41 Å². The van der Waals surface area contributed by atoms with Crippen molar-refractivity contribution >= 4 is 11.8 Å². The van der Waals surface area contributed by atoms with E-state index >= 15 is 0 Å². The molecule has 2 aliphatic rings. The topological polar surface area (TPSA) is 69.6 Å². The quantitative estimate of drug-likeness (QED) is 0.886. The van der Waals surface area contributed by atoms with Gasteiger partial charge in [-0.3, -0.25) is 0 Å². The van der Waals surface area contributed by atoms with E-state index in [1.165, 1.54) is 19.3 Å². The summed E-state index contributed by atoms with van der Waals surface area (Å²) in [5.74, 6) is 0. The second-order valence-corrected chi connectivity index (χ2v) is 7.05. The van der Waals surface area contributed by atoms with Gasteiger partial charge in [0.1, 0.15) is 0 Å². The molecule has 0 aliphatic heterocycles. The van der Waals surface area contributed by atoms with Crippen LogP contribution in [0.25, 0.3) is 0 Å². The molecule has 6 heteroatoms. The fraction of sp³-hybridized carbons (Fsp3) is 0.909. The third-order valence-corrected chi connectivity index (χ3v) is 5.30. The average Bonchev–Trinajstić information content (AvgIpc) is 2.98. The average molecular weight is 253 g/mol. The summed E-state index contributed by atoms with van der Waals surface area (Å²) in [6, 6.07) is 0.773. The van der Waals surface area contributed by atoms with Crippen LogP contribution in [0.2, 0.25) is 0 Å². The Bertz CT molecular complexity index is 412. The van der Waals surface area contributed by atoms with Crippen molar-refractivity contribution in [1.82, 2.24) is 20.2 Å². The first kappa shape index (κ1) is 11.5. The Labute approximate surface area is 106 Å². The summed E-state index contributed by atoms with van der Waals surface area (Å²) in [5.41, 5.74) is 6.56. The van der Waals surface area contributed by atoms with Crippen LogP contribution < -0.4 is 5.73 Å². The first-order valence-corrected chi connectivity index (χ1v) is 7.16. The van der Waals surface area contributed by atoms with E-state index in [0.29, 0.717) is 11.3 Å². The molecule has 0 radical (unpaired) electrons. The molecule has 0 saturated heterocycles. The predicted octanol–water partition coefficient (Wildman–Crippen LogP) is 1.62. The molecule has 5 nitrogen and oxygen atoms in total. The summed E-state index contributed by atoms with van der Waals surface area (Å²) in [7, 11) is 0. The molecule has 0 bridgehead atoms. The second kappa shape index (κ2) is 3.95. The van der Waals surface area contributed by atoms with E-state index in [-0.39, 0.29) is 11.5 Å². The van der Waals surface area contributed by atoms with Crippen LogP contribution in [0.1, 0.15) is 45.6 Å². The molecule has 2 aliphatic carbocycles. The van der Waals surface area contributed by atoms with E-state index in [2.05, 4.69) is 29.4 Å².